The summed E-state index contributed by atoms with van der Waals surface area (Å²) in [6.07, 6.45) is 2.43. The molecule has 25 heavy (non-hydrogen) atoms. The van der Waals surface area contributed by atoms with Gasteiger partial charge in [-0.05, 0) is 44.4 Å². The lowest BCUT2D eigenvalue weighted by atomic mass is 10.1. The van der Waals surface area contributed by atoms with Crippen LogP contribution in [-0.4, -0.2) is 35.0 Å². The Bertz CT molecular complexity index is 739. The Hall–Kier alpha value is -2.63. The second kappa shape index (κ2) is 7.51. The summed E-state index contributed by atoms with van der Waals surface area (Å²) in [5.74, 6) is 0.690. The summed E-state index contributed by atoms with van der Waals surface area (Å²) in [5.41, 5.74) is 3.25. The van der Waals surface area contributed by atoms with E-state index in [0.717, 1.165) is 42.8 Å². The number of benzene rings is 1. The van der Waals surface area contributed by atoms with Crippen molar-refractivity contribution < 1.29 is 14.1 Å². The van der Waals surface area contributed by atoms with Gasteiger partial charge in [0, 0.05) is 30.8 Å². The minimum absolute atomic E-state index is 0.0772. The van der Waals surface area contributed by atoms with Crippen molar-refractivity contribution in [2.45, 2.75) is 39.7 Å². The van der Waals surface area contributed by atoms with Gasteiger partial charge in [-0.3, -0.25) is 9.59 Å². The average molecular weight is 341 g/mol. The number of amides is 2. The standard InChI is InChI=1S/C19H23N3O3/c1-13-17(14(2)25-21-13)11-18(23)20-12-15-5-7-16(8-6-15)19(24)22-9-3-4-10-22/h5-8H,3-4,9-12H2,1-2H3,(H,20,23). The number of carbonyl (C=O) groups is 2. The lowest BCUT2D eigenvalue weighted by molar-refractivity contribution is -0.120. The van der Waals surface area contributed by atoms with Crippen LogP contribution in [0.3, 0.4) is 0 Å². The Morgan fingerprint density at radius 2 is 1.84 bits per heavy atom. The first-order valence-electron chi connectivity index (χ1n) is 8.61. The molecule has 0 radical (unpaired) electrons. The molecule has 1 fully saturated rings. The second-order valence-electron chi connectivity index (χ2n) is 6.45. The molecule has 1 aromatic heterocycles. The molecule has 3 rings (SSSR count). The van der Waals surface area contributed by atoms with E-state index in [-0.39, 0.29) is 18.2 Å². The van der Waals surface area contributed by atoms with E-state index in [4.69, 9.17) is 4.52 Å². The van der Waals surface area contributed by atoms with Crippen molar-refractivity contribution >= 4 is 11.8 Å². The lowest BCUT2D eigenvalue weighted by Crippen LogP contribution is -2.27. The van der Waals surface area contributed by atoms with Gasteiger partial charge >= 0.3 is 0 Å². The fourth-order valence-corrected chi connectivity index (χ4v) is 3.05. The highest BCUT2D eigenvalue weighted by atomic mass is 16.5. The molecular weight excluding hydrogens is 318 g/mol. The fraction of sp³-hybridized carbons (Fsp3) is 0.421. The number of nitrogens with one attached hydrogen (secondary N) is 1. The molecule has 132 valence electrons. The molecule has 0 aliphatic carbocycles. The van der Waals surface area contributed by atoms with Gasteiger partial charge < -0.3 is 14.7 Å². The third-order valence-electron chi connectivity index (χ3n) is 4.60. The maximum Gasteiger partial charge on any atom is 0.253 e. The summed E-state index contributed by atoms with van der Waals surface area (Å²) in [4.78, 5) is 26.3. The van der Waals surface area contributed by atoms with Crippen LogP contribution >= 0.6 is 0 Å². The minimum Gasteiger partial charge on any atom is -0.361 e. The van der Waals surface area contributed by atoms with Crippen LogP contribution in [0, 0.1) is 13.8 Å². The van der Waals surface area contributed by atoms with Crippen LogP contribution in [0.25, 0.3) is 0 Å². The highest BCUT2D eigenvalue weighted by molar-refractivity contribution is 5.94. The van der Waals surface area contributed by atoms with Crippen molar-refractivity contribution in [3.05, 3.63) is 52.4 Å². The highest BCUT2D eigenvalue weighted by Gasteiger charge is 2.19. The third kappa shape index (κ3) is 4.07. The molecular formula is C19H23N3O3. The first-order valence-corrected chi connectivity index (χ1v) is 8.61. The van der Waals surface area contributed by atoms with Gasteiger partial charge in [0.15, 0.2) is 0 Å². The van der Waals surface area contributed by atoms with E-state index in [1.54, 1.807) is 6.92 Å². The quantitative estimate of drug-likeness (QED) is 0.906. The van der Waals surface area contributed by atoms with Crippen LogP contribution in [0.2, 0.25) is 0 Å². The number of nitrogens with zero attached hydrogens (tertiary/aromatic N) is 2. The SMILES string of the molecule is Cc1noc(C)c1CC(=O)NCc1ccc(C(=O)N2CCCC2)cc1. The Morgan fingerprint density at radius 1 is 1.16 bits per heavy atom. The Morgan fingerprint density at radius 3 is 2.44 bits per heavy atom. The normalized spacial score (nSPS) is 13.9. The number of rotatable bonds is 5. The molecule has 1 N–H and O–H groups in total. The van der Waals surface area contributed by atoms with Crippen LogP contribution in [0.4, 0.5) is 0 Å². The first-order chi connectivity index (χ1) is 12.0. The zero-order chi connectivity index (χ0) is 17.8. The number of hydrogen-bond donors (Lipinski definition) is 1. The van der Waals surface area contributed by atoms with Crippen molar-refractivity contribution in [3.63, 3.8) is 0 Å². The van der Waals surface area contributed by atoms with E-state index in [2.05, 4.69) is 10.5 Å². The van der Waals surface area contributed by atoms with Gasteiger partial charge in [0.2, 0.25) is 5.91 Å². The van der Waals surface area contributed by atoms with Crippen molar-refractivity contribution in [2.24, 2.45) is 0 Å². The maximum atomic E-state index is 12.3. The molecule has 1 aliphatic rings. The van der Waals surface area contributed by atoms with Crippen molar-refractivity contribution in [2.75, 3.05) is 13.1 Å². The van der Waals surface area contributed by atoms with Crippen molar-refractivity contribution in [1.82, 2.24) is 15.4 Å². The number of aryl methyl sites for hydroxylation is 2. The summed E-state index contributed by atoms with van der Waals surface area (Å²) < 4.78 is 5.07. The van der Waals surface area contributed by atoms with E-state index < -0.39 is 0 Å². The van der Waals surface area contributed by atoms with Crippen LogP contribution in [0.15, 0.2) is 28.8 Å². The zero-order valence-electron chi connectivity index (χ0n) is 14.7. The van der Waals surface area contributed by atoms with Crippen molar-refractivity contribution in [3.8, 4) is 0 Å². The monoisotopic (exact) mass is 341 g/mol. The van der Waals surface area contributed by atoms with Crippen LogP contribution in [0.5, 0.6) is 0 Å². The molecule has 1 aromatic carbocycles. The first kappa shape index (κ1) is 17.2. The average Bonchev–Trinajstić information content (AvgIpc) is 3.26. The van der Waals surface area contributed by atoms with E-state index in [9.17, 15) is 9.59 Å². The summed E-state index contributed by atoms with van der Waals surface area (Å²) in [5, 5.41) is 6.75. The predicted octanol–water partition coefficient (Wildman–Crippen LogP) is 2.39. The molecule has 1 saturated heterocycles. The van der Waals surface area contributed by atoms with E-state index >= 15 is 0 Å². The van der Waals surface area contributed by atoms with Gasteiger partial charge in [-0.15, -0.1) is 0 Å². The third-order valence-corrected chi connectivity index (χ3v) is 4.60. The van der Waals surface area contributed by atoms with Crippen LogP contribution in [0.1, 0.15) is 45.8 Å². The highest BCUT2D eigenvalue weighted by Crippen LogP contribution is 2.14. The Kier molecular flexibility index (Phi) is 5.16. The van der Waals surface area contributed by atoms with Gasteiger partial charge in [-0.25, -0.2) is 0 Å². The van der Waals surface area contributed by atoms with Gasteiger partial charge in [-0.1, -0.05) is 17.3 Å². The molecule has 1 aliphatic heterocycles. The topological polar surface area (TPSA) is 75.4 Å². The zero-order valence-corrected chi connectivity index (χ0v) is 14.7. The molecule has 0 saturated carbocycles. The fourth-order valence-electron chi connectivity index (χ4n) is 3.05. The molecule has 0 atom stereocenters. The predicted molar refractivity (Wildman–Crippen MR) is 93.1 cm³/mol. The van der Waals surface area contributed by atoms with Gasteiger partial charge in [0.05, 0.1) is 12.1 Å². The Balaban J connectivity index is 1.53. The molecule has 6 heteroatoms. The number of likely N-dealkylation sites (tertiary alicyclic amines) is 1. The maximum absolute atomic E-state index is 12.3. The molecule has 2 heterocycles. The largest absolute Gasteiger partial charge is 0.361 e. The van der Waals surface area contributed by atoms with Crippen LogP contribution < -0.4 is 5.32 Å². The number of hydrogen-bond acceptors (Lipinski definition) is 4. The molecule has 2 aromatic rings. The summed E-state index contributed by atoms with van der Waals surface area (Å²) in [6, 6.07) is 7.44. The second-order valence-corrected chi connectivity index (χ2v) is 6.45. The van der Waals surface area contributed by atoms with Crippen molar-refractivity contribution in [1.29, 1.82) is 0 Å². The molecule has 6 nitrogen and oxygen atoms in total. The summed E-state index contributed by atoms with van der Waals surface area (Å²) in [6.45, 7) is 5.75. The molecule has 0 unspecified atom stereocenters. The van der Waals surface area contributed by atoms with Crippen LogP contribution in [-0.2, 0) is 17.8 Å². The minimum atomic E-state index is -0.0772. The smallest absolute Gasteiger partial charge is 0.253 e. The number of carbonyl (C=O) groups excluding carboxylic acids is 2. The molecule has 0 spiro atoms. The lowest BCUT2D eigenvalue weighted by Gasteiger charge is -2.15. The molecule has 2 amide bonds. The van der Waals surface area contributed by atoms with Gasteiger partial charge in [0.25, 0.3) is 5.91 Å². The van der Waals surface area contributed by atoms with Gasteiger partial charge in [0.1, 0.15) is 5.76 Å². The summed E-state index contributed by atoms with van der Waals surface area (Å²) >= 11 is 0. The Labute approximate surface area is 147 Å². The number of aromatic nitrogens is 1. The van der Waals surface area contributed by atoms with E-state index in [0.29, 0.717) is 17.9 Å². The van der Waals surface area contributed by atoms with E-state index in [1.807, 2.05) is 36.1 Å². The molecule has 0 bridgehead atoms. The van der Waals surface area contributed by atoms with E-state index in [1.165, 1.54) is 0 Å². The van der Waals surface area contributed by atoms with Gasteiger partial charge in [-0.2, -0.15) is 0 Å². The summed E-state index contributed by atoms with van der Waals surface area (Å²) in [7, 11) is 0.